The molecule has 0 saturated carbocycles. The highest BCUT2D eigenvalue weighted by Crippen LogP contribution is 1.98. The van der Waals surface area contributed by atoms with Crippen molar-refractivity contribution in [2.75, 3.05) is 5.88 Å². The maximum absolute atomic E-state index is 11.2. The Hall–Kier alpha value is -1.53. The summed E-state index contributed by atoms with van der Waals surface area (Å²) >= 11 is 5.42. The van der Waals surface area contributed by atoms with Gasteiger partial charge in [-0.15, -0.1) is 11.6 Å². The molecule has 80 valence electrons. The smallest absolute Gasteiger partial charge is 0.225 e. The summed E-state index contributed by atoms with van der Waals surface area (Å²) in [6.45, 7) is 5.27. The molecule has 1 N–H and O–H groups in total. The highest BCUT2D eigenvalue weighted by atomic mass is 35.5. The van der Waals surface area contributed by atoms with Gasteiger partial charge in [0.15, 0.2) is 0 Å². The van der Waals surface area contributed by atoms with E-state index in [2.05, 4.69) is 11.9 Å². The van der Waals surface area contributed by atoms with Crippen LogP contribution in [0, 0.1) is 11.3 Å². The molecule has 0 aromatic rings. The summed E-state index contributed by atoms with van der Waals surface area (Å²) in [5, 5.41) is 11.1. The lowest BCUT2D eigenvalue weighted by Crippen LogP contribution is -2.21. The van der Waals surface area contributed by atoms with Crippen molar-refractivity contribution in [3.05, 3.63) is 36.1 Å². The van der Waals surface area contributed by atoms with Gasteiger partial charge in [-0.05, 0) is 19.1 Å². The first-order valence-corrected chi connectivity index (χ1v) is 4.96. The molecule has 0 bridgehead atoms. The number of hydrogen-bond donors (Lipinski definition) is 1. The number of nitrogens with zero attached hydrogens (tertiary/aromatic N) is 1. The van der Waals surface area contributed by atoms with Crippen LogP contribution in [0.2, 0.25) is 0 Å². The van der Waals surface area contributed by atoms with Gasteiger partial charge in [-0.1, -0.05) is 12.7 Å². The Kier molecular flexibility index (Phi) is 7.04. The van der Waals surface area contributed by atoms with Crippen molar-refractivity contribution in [3.8, 4) is 6.07 Å². The van der Waals surface area contributed by atoms with Gasteiger partial charge >= 0.3 is 0 Å². The van der Waals surface area contributed by atoms with E-state index in [1.54, 1.807) is 19.1 Å². The molecule has 0 aliphatic carbocycles. The van der Waals surface area contributed by atoms with Crippen molar-refractivity contribution in [3.63, 3.8) is 0 Å². The fraction of sp³-hybridized carbons (Fsp3) is 0.273. The van der Waals surface area contributed by atoms with Crippen LogP contribution in [0.4, 0.5) is 0 Å². The van der Waals surface area contributed by atoms with Crippen LogP contribution in [0.25, 0.3) is 0 Å². The molecular formula is C11H13ClN2O. The summed E-state index contributed by atoms with van der Waals surface area (Å²) in [5.74, 6) is 0.141. The van der Waals surface area contributed by atoms with E-state index in [1.165, 1.54) is 6.08 Å². The van der Waals surface area contributed by atoms with Crippen LogP contribution in [0.5, 0.6) is 0 Å². The van der Waals surface area contributed by atoms with Crippen LogP contribution in [-0.2, 0) is 4.79 Å². The monoisotopic (exact) mass is 224 g/mol. The zero-order valence-corrected chi connectivity index (χ0v) is 9.34. The standard InChI is InChI=1S/C11H13ClN2O/c1-3-10(5-4-9(2)8-13)14-11(15)6-7-12/h3-5H,2,6-7H2,1H3,(H,14,15). The molecule has 1 amide bonds. The third-order valence-corrected chi connectivity index (χ3v) is 1.71. The number of hydrogen-bond acceptors (Lipinski definition) is 2. The Bertz CT molecular complexity index is 337. The van der Waals surface area contributed by atoms with Crippen LogP contribution in [0.3, 0.4) is 0 Å². The first-order valence-electron chi connectivity index (χ1n) is 4.43. The molecule has 0 aliphatic heterocycles. The molecular weight excluding hydrogens is 212 g/mol. The number of nitrogens with one attached hydrogen (secondary N) is 1. The minimum atomic E-state index is -0.148. The predicted octanol–water partition coefficient (Wildman–Crippen LogP) is 2.27. The molecule has 0 atom stereocenters. The van der Waals surface area contributed by atoms with Crippen molar-refractivity contribution in [1.82, 2.24) is 5.32 Å². The third kappa shape index (κ3) is 6.53. The topological polar surface area (TPSA) is 52.9 Å². The number of alkyl halides is 1. The maximum Gasteiger partial charge on any atom is 0.225 e. The van der Waals surface area contributed by atoms with Gasteiger partial charge in [0.05, 0.1) is 6.07 Å². The summed E-state index contributed by atoms with van der Waals surface area (Å²) in [4.78, 5) is 11.2. The molecule has 0 heterocycles. The zero-order chi connectivity index (χ0) is 11.7. The molecule has 0 aliphatic rings. The second-order valence-electron chi connectivity index (χ2n) is 2.70. The summed E-state index contributed by atoms with van der Waals surface area (Å²) in [7, 11) is 0. The maximum atomic E-state index is 11.2. The van der Waals surface area contributed by atoms with Crippen molar-refractivity contribution in [2.24, 2.45) is 0 Å². The van der Waals surface area contributed by atoms with E-state index in [4.69, 9.17) is 16.9 Å². The molecule has 4 heteroatoms. The van der Waals surface area contributed by atoms with E-state index in [9.17, 15) is 4.79 Å². The van der Waals surface area contributed by atoms with E-state index >= 15 is 0 Å². The average Bonchev–Trinajstić information content (AvgIpc) is 2.23. The molecule has 0 radical (unpaired) electrons. The normalized spacial score (nSPS) is 11.1. The van der Waals surface area contributed by atoms with E-state index in [0.29, 0.717) is 11.3 Å². The molecule has 0 spiro atoms. The molecule has 3 nitrogen and oxygen atoms in total. The summed E-state index contributed by atoms with van der Waals surface area (Å²) in [6.07, 6.45) is 5.16. The van der Waals surface area contributed by atoms with Crippen LogP contribution in [0.1, 0.15) is 13.3 Å². The van der Waals surface area contributed by atoms with Gasteiger partial charge in [0, 0.05) is 23.6 Å². The summed E-state index contributed by atoms with van der Waals surface area (Å²) < 4.78 is 0. The summed E-state index contributed by atoms with van der Waals surface area (Å²) in [6, 6.07) is 1.88. The van der Waals surface area contributed by atoms with Gasteiger partial charge in [-0.2, -0.15) is 5.26 Å². The van der Waals surface area contributed by atoms with Crippen molar-refractivity contribution >= 4 is 17.5 Å². The predicted molar refractivity (Wildman–Crippen MR) is 61.1 cm³/mol. The molecule has 0 aromatic carbocycles. The number of allylic oxidation sites excluding steroid dienone is 4. The Morgan fingerprint density at radius 2 is 2.27 bits per heavy atom. The minimum Gasteiger partial charge on any atom is -0.326 e. The lowest BCUT2D eigenvalue weighted by molar-refractivity contribution is -0.119. The lowest BCUT2D eigenvalue weighted by atomic mass is 10.2. The van der Waals surface area contributed by atoms with Gasteiger partial charge in [-0.3, -0.25) is 4.79 Å². The van der Waals surface area contributed by atoms with Crippen LogP contribution in [-0.4, -0.2) is 11.8 Å². The van der Waals surface area contributed by atoms with Crippen molar-refractivity contribution in [1.29, 1.82) is 5.26 Å². The number of halogens is 1. The Morgan fingerprint density at radius 3 is 2.73 bits per heavy atom. The zero-order valence-electron chi connectivity index (χ0n) is 8.59. The highest BCUT2D eigenvalue weighted by Gasteiger charge is 2.00. The largest absolute Gasteiger partial charge is 0.326 e. The molecule has 0 rings (SSSR count). The Labute approximate surface area is 94.7 Å². The molecule has 0 fully saturated rings. The van der Waals surface area contributed by atoms with Gasteiger partial charge in [0.25, 0.3) is 0 Å². The number of carbonyl (C=O) groups is 1. The number of carbonyl (C=O) groups excluding carboxylic acids is 1. The lowest BCUT2D eigenvalue weighted by Gasteiger charge is -2.03. The van der Waals surface area contributed by atoms with Gasteiger partial charge in [0.1, 0.15) is 0 Å². The molecule has 15 heavy (non-hydrogen) atoms. The van der Waals surface area contributed by atoms with Gasteiger partial charge in [0.2, 0.25) is 5.91 Å². The number of amides is 1. The van der Waals surface area contributed by atoms with E-state index in [1.807, 2.05) is 6.07 Å². The quantitative estimate of drug-likeness (QED) is 0.443. The first-order chi connectivity index (χ1) is 7.13. The van der Waals surface area contributed by atoms with E-state index < -0.39 is 0 Å². The van der Waals surface area contributed by atoms with Crippen molar-refractivity contribution in [2.45, 2.75) is 13.3 Å². The highest BCUT2D eigenvalue weighted by molar-refractivity contribution is 6.18. The molecule has 0 unspecified atom stereocenters. The van der Waals surface area contributed by atoms with E-state index in [0.717, 1.165) is 0 Å². The second kappa shape index (κ2) is 7.84. The third-order valence-electron chi connectivity index (χ3n) is 1.52. The second-order valence-corrected chi connectivity index (χ2v) is 3.08. The average molecular weight is 225 g/mol. The van der Waals surface area contributed by atoms with Gasteiger partial charge < -0.3 is 5.32 Å². The summed E-state index contributed by atoms with van der Waals surface area (Å²) in [5.41, 5.74) is 0.961. The van der Waals surface area contributed by atoms with Crippen LogP contribution >= 0.6 is 11.6 Å². The van der Waals surface area contributed by atoms with E-state index in [-0.39, 0.29) is 18.2 Å². The molecule has 0 saturated heterocycles. The van der Waals surface area contributed by atoms with Gasteiger partial charge in [-0.25, -0.2) is 0 Å². The number of nitriles is 1. The fourth-order valence-corrected chi connectivity index (χ4v) is 0.919. The Balaban J connectivity index is 4.30. The van der Waals surface area contributed by atoms with Crippen LogP contribution in [0.15, 0.2) is 36.1 Å². The fourth-order valence-electron chi connectivity index (χ4n) is 0.747. The Morgan fingerprint density at radius 1 is 1.60 bits per heavy atom. The molecule has 0 aromatic heterocycles. The SMILES string of the molecule is C=C(C#N)C=CC(=CC)NC(=O)CCCl. The van der Waals surface area contributed by atoms with Crippen LogP contribution < -0.4 is 5.32 Å². The minimum absolute atomic E-state index is 0.148. The van der Waals surface area contributed by atoms with Crippen molar-refractivity contribution < 1.29 is 4.79 Å². The first kappa shape index (κ1) is 13.5. The number of rotatable bonds is 5.